The molecule has 1 N–H and O–H groups in total. The van der Waals surface area contributed by atoms with Crippen LogP contribution in [0.2, 0.25) is 0 Å². The van der Waals surface area contributed by atoms with E-state index in [-0.39, 0.29) is 0 Å². The van der Waals surface area contributed by atoms with Crippen molar-refractivity contribution in [3.63, 3.8) is 0 Å². The number of fused-ring (bicyclic) bond motifs is 1. The van der Waals surface area contributed by atoms with Gasteiger partial charge in [0.05, 0.1) is 7.11 Å². The normalized spacial score (nSPS) is 13.6. The Morgan fingerprint density at radius 1 is 1.20 bits per heavy atom. The standard InChI is InChI=1S/C17H17NO2/c1-20-15-5-6-16-13(11-15)7-8-18-17(16)10-12-3-2-4-14(19)9-12/h2-6,9,11,19H,7-8,10H2,1H3. The minimum Gasteiger partial charge on any atom is -0.508 e. The average molecular weight is 267 g/mol. The van der Waals surface area contributed by atoms with Crippen molar-refractivity contribution in [3.8, 4) is 11.5 Å². The Morgan fingerprint density at radius 2 is 2.10 bits per heavy atom. The fraction of sp³-hybridized carbons (Fsp3) is 0.235. The average Bonchev–Trinajstić information content (AvgIpc) is 2.47. The van der Waals surface area contributed by atoms with E-state index in [1.54, 1.807) is 19.2 Å². The van der Waals surface area contributed by atoms with Crippen molar-refractivity contribution in [1.29, 1.82) is 0 Å². The molecule has 1 heterocycles. The minimum absolute atomic E-state index is 0.300. The van der Waals surface area contributed by atoms with Gasteiger partial charge in [-0.1, -0.05) is 12.1 Å². The van der Waals surface area contributed by atoms with E-state index in [0.29, 0.717) is 5.75 Å². The van der Waals surface area contributed by atoms with E-state index in [9.17, 15) is 5.11 Å². The number of benzene rings is 2. The predicted octanol–water partition coefficient (Wildman–Crippen LogP) is 2.99. The summed E-state index contributed by atoms with van der Waals surface area (Å²) in [5, 5.41) is 9.55. The van der Waals surface area contributed by atoms with Gasteiger partial charge < -0.3 is 9.84 Å². The highest BCUT2D eigenvalue weighted by molar-refractivity contribution is 6.04. The first-order chi connectivity index (χ1) is 9.76. The van der Waals surface area contributed by atoms with Gasteiger partial charge in [0.15, 0.2) is 0 Å². The first kappa shape index (κ1) is 12.7. The van der Waals surface area contributed by atoms with Gasteiger partial charge in [0.2, 0.25) is 0 Å². The lowest BCUT2D eigenvalue weighted by atomic mass is 9.93. The third-order valence-corrected chi connectivity index (χ3v) is 3.59. The molecule has 0 bridgehead atoms. The lowest BCUT2D eigenvalue weighted by molar-refractivity contribution is 0.414. The van der Waals surface area contributed by atoms with Gasteiger partial charge in [-0.2, -0.15) is 0 Å². The van der Waals surface area contributed by atoms with Crippen LogP contribution in [0, 0.1) is 0 Å². The molecule has 0 amide bonds. The SMILES string of the molecule is COc1ccc2c(c1)CCN=C2Cc1cccc(O)c1. The Bertz CT molecular complexity index is 662. The summed E-state index contributed by atoms with van der Waals surface area (Å²) in [6.07, 6.45) is 1.70. The second-order valence-electron chi connectivity index (χ2n) is 4.95. The first-order valence-corrected chi connectivity index (χ1v) is 6.75. The molecule has 3 nitrogen and oxygen atoms in total. The molecular formula is C17H17NO2. The Balaban J connectivity index is 1.91. The van der Waals surface area contributed by atoms with Crippen LogP contribution >= 0.6 is 0 Å². The lowest BCUT2D eigenvalue weighted by Gasteiger charge is -2.18. The number of aromatic hydroxyl groups is 1. The van der Waals surface area contributed by atoms with Crippen LogP contribution in [0.15, 0.2) is 47.5 Å². The van der Waals surface area contributed by atoms with Gasteiger partial charge in [0.1, 0.15) is 11.5 Å². The number of ether oxygens (including phenoxy) is 1. The molecule has 3 rings (SSSR count). The van der Waals surface area contributed by atoms with Gasteiger partial charge in [-0.25, -0.2) is 0 Å². The van der Waals surface area contributed by atoms with E-state index in [1.165, 1.54) is 11.1 Å². The molecular weight excluding hydrogens is 250 g/mol. The molecule has 20 heavy (non-hydrogen) atoms. The van der Waals surface area contributed by atoms with Crippen LogP contribution in [0.4, 0.5) is 0 Å². The van der Waals surface area contributed by atoms with Crippen molar-refractivity contribution >= 4 is 5.71 Å². The highest BCUT2D eigenvalue weighted by Crippen LogP contribution is 2.24. The molecule has 0 saturated heterocycles. The smallest absolute Gasteiger partial charge is 0.119 e. The molecule has 0 radical (unpaired) electrons. The number of nitrogens with zero attached hydrogens (tertiary/aromatic N) is 1. The largest absolute Gasteiger partial charge is 0.508 e. The number of methoxy groups -OCH3 is 1. The second kappa shape index (κ2) is 5.37. The third-order valence-electron chi connectivity index (χ3n) is 3.59. The summed E-state index contributed by atoms with van der Waals surface area (Å²) in [5.74, 6) is 1.19. The van der Waals surface area contributed by atoms with Crippen LogP contribution < -0.4 is 4.74 Å². The Kier molecular flexibility index (Phi) is 3.42. The molecule has 0 fully saturated rings. The van der Waals surface area contributed by atoms with Crippen LogP contribution in [0.5, 0.6) is 11.5 Å². The third kappa shape index (κ3) is 2.52. The number of rotatable bonds is 3. The summed E-state index contributed by atoms with van der Waals surface area (Å²) in [7, 11) is 1.69. The molecule has 0 unspecified atom stereocenters. The number of phenols is 1. The monoisotopic (exact) mass is 267 g/mol. The van der Waals surface area contributed by atoms with Crippen molar-refractivity contribution in [2.45, 2.75) is 12.8 Å². The molecule has 0 aromatic heterocycles. The van der Waals surface area contributed by atoms with E-state index < -0.39 is 0 Å². The number of hydrogen-bond acceptors (Lipinski definition) is 3. The van der Waals surface area contributed by atoms with Gasteiger partial charge in [0.25, 0.3) is 0 Å². The van der Waals surface area contributed by atoms with Crippen LogP contribution in [0.1, 0.15) is 16.7 Å². The zero-order valence-electron chi connectivity index (χ0n) is 11.5. The second-order valence-corrected chi connectivity index (χ2v) is 4.95. The fourth-order valence-electron chi connectivity index (χ4n) is 2.59. The molecule has 1 aliphatic heterocycles. The minimum atomic E-state index is 0.300. The van der Waals surface area contributed by atoms with Crippen molar-refractivity contribution in [2.24, 2.45) is 4.99 Å². The Labute approximate surface area is 118 Å². The summed E-state index contributed by atoms with van der Waals surface area (Å²) in [6, 6.07) is 13.5. The highest BCUT2D eigenvalue weighted by Gasteiger charge is 2.15. The van der Waals surface area contributed by atoms with Gasteiger partial charge in [-0.15, -0.1) is 0 Å². The molecule has 0 spiro atoms. The predicted molar refractivity (Wildman–Crippen MR) is 79.9 cm³/mol. The lowest BCUT2D eigenvalue weighted by Crippen LogP contribution is -2.15. The Morgan fingerprint density at radius 3 is 2.90 bits per heavy atom. The first-order valence-electron chi connectivity index (χ1n) is 6.75. The van der Waals surface area contributed by atoms with Gasteiger partial charge >= 0.3 is 0 Å². The number of aliphatic imine (C=N–C) groups is 1. The van der Waals surface area contributed by atoms with Crippen molar-refractivity contribution in [1.82, 2.24) is 0 Å². The molecule has 3 heteroatoms. The number of hydrogen-bond donors (Lipinski definition) is 1. The van der Waals surface area contributed by atoms with E-state index in [1.807, 2.05) is 18.2 Å². The zero-order chi connectivity index (χ0) is 13.9. The Hall–Kier alpha value is -2.29. The van der Waals surface area contributed by atoms with E-state index in [0.717, 1.165) is 36.4 Å². The van der Waals surface area contributed by atoms with Crippen LogP contribution in [0.25, 0.3) is 0 Å². The fourth-order valence-corrected chi connectivity index (χ4v) is 2.59. The molecule has 0 atom stereocenters. The van der Waals surface area contributed by atoms with E-state index in [4.69, 9.17) is 4.74 Å². The van der Waals surface area contributed by atoms with Gasteiger partial charge in [-0.05, 0) is 53.4 Å². The summed E-state index contributed by atoms with van der Waals surface area (Å²) in [6.45, 7) is 0.814. The summed E-state index contributed by atoms with van der Waals surface area (Å²) in [5.41, 5.74) is 4.64. The summed E-state index contributed by atoms with van der Waals surface area (Å²) >= 11 is 0. The summed E-state index contributed by atoms with van der Waals surface area (Å²) < 4.78 is 5.28. The number of phenolic OH excluding ortho intramolecular Hbond substituents is 1. The van der Waals surface area contributed by atoms with Gasteiger partial charge in [-0.3, -0.25) is 4.99 Å². The summed E-state index contributed by atoms with van der Waals surface area (Å²) in [4.78, 5) is 4.65. The van der Waals surface area contributed by atoms with Crippen LogP contribution in [0.3, 0.4) is 0 Å². The molecule has 0 saturated carbocycles. The van der Waals surface area contributed by atoms with Crippen molar-refractivity contribution in [3.05, 3.63) is 59.2 Å². The maximum atomic E-state index is 9.55. The molecule has 1 aliphatic rings. The highest BCUT2D eigenvalue weighted by atomic mass is 16.5. The van der Waals surface area contributed by atoms with Gasteiger partial charge in [0, 0.05) is 18.7 Å². The molecule has 2 aromatic carbocycles. The zero-order valence-corrected chi connectivity index (χ0v) is 11.5. The van der Waals surface area contributed by atoms with E-state index >= 15 is 0 Å². The van der Waals surface area contributed by atoms with Crippen LogP contribution in [-0.4, -0.2) is 24.5 Å². The molecule has 0 aliphatic carbocycles. The van der Waals surface area contributed by atoms with Crippen molar-refractivity contribution in [2.75, 3.05) is 13.7 Å². The molecule has 2 aromatic rings. The molecule has 102 valence electrons. The topological polar surface area (TPSA) is 41.8 Å². The van der Waals surface area contributed by atoms with E-state index in [2.05, 4.69) is 17.1 Å². The quantitative estimate of drug-likeness (QED) is 0.929. The maximum absolute atomic E-state index is 9.55. The maximum Gasteiger partial charge on any atom is 0.119 e. The van der Waals surface area contributed by atoms with Crippen LogP contribution in [-0.2, 0) is 12.8 Å². The van der Waals surface area contributed by atoms with Crippen molar-refractivity contribution < 1.29 is 9.84 Å².